The molecule has 9 rings (SSSR count). The summed E-state index contributed by atoms with van der Waals surface area (Å²) < 4.78 is 23.5. The minimum Gasteiger partial charge on any atom is -0.494 e. The fourth-order valence-electron chi connectivity index (χ4n) is 10.7. The average molecular weight is 1020 g/mol. The second-order valence-corrected chi connectivity index (χ2v) is 21.6. The first-order chi connectivity index (χ1) is 36.2. The van der Waals surface area contributed by atoms with Crippen molar-refractivity contribution < 1.29 is 28.3 Å². The summed E-state index contributed by atoms with van der Waals surface area (Å²) in [4.78, 5) is 62.0. The van der Waals surface area contributed by atoms with Gasteiger partial charge >= 0.3 is 0 Å². The molecule has 14 heteroatoms. The highest BCUT2D eigenvalue weighted by Crippen LogP contribution is 2.36. The zero-order valence-corrected chi connectivity index (χ0v) is 44.0. The molecule has 3 aromatic heterocycles. The van der Waals surface area contributed by atoms with Gasteiger partial charge < -0.3 is 30.2 Å². The number of likely N-dealkylation sites (N-methyl/N-ethyl adjacent to an activating group) is 1. The third-order valence-electron chi connectivity index (χ3n) is 15.1. The minimum atomic E-state index is -0.862. The van der Waals surface area contributed by atoms with Gasteiger partial charge in [0.05, 0.1) is 30.6 Å². The van der Waals surface area contributed by atoms with Gasteiger partial charge in [0.2, 0.25) is 23.6 Å². The quantitative estimate of drug-likeness (QED) is 0.0640. The topological polar surface area (TPSA) is 152 Å². The molecule has 2 aliphatic carbocycles. The number of hydrogen-bond donors (Lipinski definition) is 3. The summed E-state index contributed by atoms with van der Waals surface area (Å²) in [5.74, 6) is -0.328. The average Bonchev–Trinajstić information content (AvgIpc) is 4.20. The van der Waals surface area contributed by atoms with Crippen LogP contribution in [0.3, 0.4) is 0 Å². The van der Waals surface area contributed by atoms with Gasteiger partial charge in [0.15, 0.2) is 0 Å². The fraction of sp³-hybridized carbons (Fsp3) is 0.410. The summed E-state index contributed by atoms with van der Waals surface area (Å²) in [6.45, 7) is 8.88. The Balaban J connectivity index is 0.738. The summed E-state index contributed by atoms with van der Waals surface area (Å²) in [5, 5.41) is 13.7. The molecule has 0 saturated heterocycles. The first-order valence-corrected chi connectivity index (χ1v) is 26.8. The molecule has 3 amide bonds. The van der Waals surface area contributed by atoms with Gasteiger partial charge in [-0.2, -0.15) is 5.10 Å². The third kappa shape index (κ3) is 12.7. The predicted octanol–water partition coefficient (Wildman–Crippen LogP) is 9.96. The van der Waals surface area contributed by atoms with E-state index in [0.717, 1.165) is 120 Å². The van der Waals surface area contributed by atoms with Crippen LogP contribution in [0.2, 0.25) is 0 Å². The van der Waals surface area contributed by atoms with Crippen LogP contribution >= 0.6 is 0 Å². The lowest BCUT2D eigenvalue weighted by Crippen LogP contribution is -2.62. The zero-order valence-electron chi connectivity index (χ0n) is 44.0. The molecule has 0 fully saturated rings. The Hall–Kier alpha value is -7.19. The molecule has 0 radical (unpaired) electrons. The molecular weight excluding hydrogens is 944 g/mol. The first kappa shape index (κ1) is 52.7. The number of benzene rings is 3. The standard InChI is InChI=1S/C61H71FN8O5/c1-40(63-5)58(72)67-57(61(2,3)4)60(74)69-38-46-31-49(24-23-43(46)33-55(69)59(73)66-54-21-15-18-42-17-11-12-20-51(42)54)75-29-13-9-7-6-8-10-22-56(71)70-39-47(35-65-70)45-32-52-50(25-26-53(52)64-34-45)44-27-28-68(37-44)36-41-16-14-19-48(62)30-41/h11-12,14,16-17,19-20,23-25,27-28,30-32,34-35,37,39-40,54-55,57,63H,6-10,13,15,18,21-22,26,29,33,36,38H2,1-5H3,(H,66,73)(H,67,72)/t40-,54+,55-,57+/m1/s1. The number of unbranched alkanes of at least 4 members (excludes halogenated alkanes) is 5. The number of carbonyl (C=O) groups excluding carboxylic acids is 4. The van der Waals surface area contributed by atoms with Crippen molar-refractivity contribution in [1.82, 2.24) is 40.2 Å². The van der Waals surface area contributed by atoms with Crippen LogP contribution in [0.4, 0.5) is 4.39 Å². The van der Waals surface area contributed by atoms with Crippen molar-refractivity contribution in [2.45, 2.75) is 142 Å². The summed E-state index contributed by atoms with van der Waals surface area (Å²) >= 11 is 0. The highest BCUT2D eigenvalue weighted by Gasteiger charge is 2.43. The van der Waals surface area contributed by atoms with Crippen LogP contribution in [0.15, 0.2) is 116 Å². The Labute approximate surface area is 440 Å². The number of halogens is 1. The molecule has 0 unspecified atom stereocenters. The Bertz CT molecular complexity index is 3060. The Kier molecular flexibility index (Phi) is 16.5. The van der Waals surface area contributed by atoms with E-state index >= 15 is 0 Å². The number of allylic oxidation sites excluding steroid dienone is 1. The van der Waals surface area contributed by atoms with Crippen LogP contribution in [0.5, 0.6) is 5.75 Å². The van der Waals surface area contributed by atoms with E-state index in [9.17, 15) is 23.6 Å². The van der Waals surface area contributed by atoms with Crippen molar-refractivity contribution in [2.75, 3.05) is 13.7 Å². The van der Waals surface area contributed by atoms with E-state index in [0.29, 0.717) is 31.7 Å². The molecular formula is C61H71FN8O5. The lowest BCUT2D eigenvalue weighted by atomic mass is 9.83. The SMILES string of the molecule is CN[C@H](C)C(=O)N[C@@H](C(=O)N1Cc2cc(OCCCCCCCCC(=O)n3cc(-c4cnc5c(c4)C(c4ccn(Cc6cccc(F)c6)c4)=CC5)cn3)ccc2C[C@@H]1C(=O)N[C@H]1CCCc2ccccc21)C(C)(C)C. The number of rotatable bonds is 20. The number of carbonyl (C=O) groups is 4. The number of aryl methyl sites for hydroxylation is 1. The Morgan fingerprint density at radius 2 is 1.67 bits per heavy atom. The zero-order chi connectivity index (χ0) is 52.6. The largest absolute Gasteiger partial charge is 0.494 e. The number of pyridine rings is 1. The van der Waals surface area contributed by atoms with Gasteiger partial charge in [0.1, 0.15) is 23.7 Å². The number of aromatic nitrogens is 4. The lowest BCUT2D eigenvalue weighted by molar-refractivity contribution is -0.147. The highest BCUT2D eigenvalue weighted by atomic mass is 19.1. The van der Waals surface area contributed by atoms with E-state index in [-0.39, 0.29) is 42.0 Å². The van der Waals surface area contributed by atoms with Gasteiger partial charge in [-0.1, -0.05) is 95.0 Å². The van der Waals surface area contributed by atoms with Gasteiger partial charge in [-0.3, -0.25) is 24.2 Å². The van der Waals surface area contributed by atoms with Crippen molar-refractivity contribution in [1.29, 1.82) is 0 Å². The highest BCUT2D eigenvalue weighted by molar-refractivity contribution is 5.94. The van der Waals surface area contributed by atoms with Gasteiger partial charge in [0.25, 0.3) is 0 Å². The molecule has 13 nitrogen and oxygen atoms in total. The number of nitrogens with one attached hydrogen (secondary N) is 3. The summed E-state index contributed by atoms with van der Waals surface area (Å²) in [7, 11) is 1.71. The second kappa shape index (κ2) is 23.6. The lowest BCUT2D eigenvalue weighted by Gasteiger charge is -2.41. The fourth-order valence-corrected chi connectivity index (χ4v) is 10.7. The molecule has 4 atom stereocenters. The smallest absolute Gasteiger partial charge is 0.246 e. The van der Waals surface area contributed by atoms with E-state index < -0.39 is 23.5 Å². The molecule has 0 bridgehead atoms. The van der Waals surface area contributed by atoms with Crippen molar-refractivity contribution in [2.24, 2.45) is 5.41 Å². The predicted molar refractivity (Wildman–Crippen MR) is 289 cm³/mol. The van der Waals surface area contributed by atoms with Crippen LogP contribution in [0.25, 0.3) is 16.7 Å². The molecule has 1 aliphatic heterocycles. The normalized spacial score (nSPS) is 16.8. The van der Waals surface area contributed by atoms with Gasteiger partial charge in [0, 0.05) is 73.8 Å². The van der Waals surface area contributed by atoms with Gasteiger partial charge in [-0.25, -0.2) is 9.07 Å². The van der Waals surface area contributed by atoms with E-state index in [2.05, 4.69) is 62.2 Å². The van der Waals surface area contributed by atoms with E-state index in [4.69, 9.17) is 9.72 Å². The van der Waals surface area contributed by atoms with E-state index in [1.54, 1.807) is 43.4 Å². The number of hydrogen-bond acceptors (Lipinski definition) is 8. The maximum Gasteiger partial charge on any atom is 0.246 e. The van der Waals surface area contributed by atoms with Crippen molar-refractivity contribution >= 4 is 29.2 Å². The molecule has 0 saturated carbocycles. The Morgan fingerprint density at radius 3 is 2.48 bits per heavy atom. The number of nitrogens with zero attached hydrogens (tertiary/aromatic N) is 5. The number of fused-ring (bicyclic) bond motifs is 3. The van der Waals surface area contributed by atoms with Crippen LogP contribution in [-0.4, -0.2) is 79.6 Å². The van der Waals surface area contributed by atoms with Gasteiger partial charge in [-0.05, 0) is 127 Å². The van der Waals surface area contributed by atoms with Crippen LogP contribution in [0, 0.1) is 11.2 Å². The van der Waals surface area contributed by atoms with E-state index in [1.165, 1.54) is 16.3 Å². The van der Waals surface area contributed by atoms with Gasteiger partial charge in [-0.15, -0.1) is 0 Å². The van der Waals surface area contributed by atoms with Crippen LogP contribution in [-0.2, 0) is 46.7 Å². The summed E-state index contributed by atoms with van der Waals surface area (Å²) in [6, 6.07) is 22.8. The molecule has 4 heterocycles. The number of ether oxygens (including phenoxy) is 1. The molecule has 75 heavy (non-hydrogen) atoms. The van der Waals surface area contributed by atoms with Crippen LogP contribution < -0.4 is 20.7 Å². The molecule has 0 spiro atoms. The Morgan fingerprint density at radius 1 is 0.853 bits per heavy atom. The molecule has 3 aromatic carbocycles. The summed E-state index contributed by atoms with van der Waals surface area (Å²) in [6.07, 6.45) is 21.6. The maximum absolute atomic E-state index is 14.7. The molecule has 392 valence electrons. The maximum atomic E-state index is 14.7. The van der Waals surface area contributed by atoms with Crippen LogP contribution in [0.1, 0.15) is 141 Å². The molecule has 3 aliphatic rings. The van der Waals surface area contributed by atoms with Crippen molar-refractivity contribution in [3.8, 4) is 16.9 Å². The second-order valence-electron chi connectivity index (χ2n) is 21.6. The monoisotopic (exact) mass is 1010 g/mol. The first-order valence-electron chi connectivity index (χ1n) is 26.8. The molecule has 6 aromatic rings. The summed E-state index contributed by atoms with van der Waals surface area (Å²) in [5.41, 5.74) is 10.6. The third-order valence-corrected chi connectivity index (χ3v) is 15.1. The molecule has 3 N–H and O–H groups in total. The van der Waals surface area contributed by atoms with E-state index in [1.807, 2.05) is 69.6 Å². The van der Waals surface area contributed by atoms with Crippen molar-refractivity contribution in [3.05, 3.63) is 166 Å². The number of amides is 3. The minimum absolute atomic E-state index is 0.0362. The van der Waals surface area contributed by atoms with Crippen molar-refractivity contribution in [3.63, 3.8) is 0 Å².